The molecule has 3 rings (SSSR count). The van der Waals surface area contributed by atoms with Crippen molar-refractivity contribution in [3.05, 3.63) is 58.4 Å². The van der Waals surface area contributed by atoms with E-state index in [4.69, 9.17) is 16.3 Å². The normalized spacial score (nSPS) is 18.8. The Hall–Kier alpha value is -2.48. The Balaban J connectivity index is 1.66. The average Bonchev–Trinajstić information content (AvgIpc) is 3.14. The first-order chi connectivity index (χ1) is 13.4. The van der Waals surface area contributed by atoms with Crippen LogP contribution in [0.2, 0.25) is 5.02 Å². The summed E-state index contributed by atoms with van der Waals surface area (Å²) in [6.07, 6.45) is 2.10. The molecule has 0 saturated carbocycles. The first-order valence-electron chi connectivity index (χ1n) is 8.86. The molecule has 8 heteroatoms. The van der Waals surface area contributed by atoms with Gasteiger partial charge in [-0.25, -0.2) is 0 Å². The number of nitrogens with zero attached hydrogens (tertiary/aromatic N) is 1. The smallest absolute Gasteiger partial charge is 0.270 e. The van der Waals surface area contributed by atoms with Crippen molar-refractivity contribution < 1.29 is 24.5 Å². The number of hydrogen-bond donors (Lipinski definition) is 3. The van der Waals surface area contributed by atoms with Crippen LogP contribution >= 0.6 is 11.6 Å². The highest BCUT2D eigenvalue weighted by molar-refractivity contribution is 6.30. The molecule has 28 heavy (non-hydrogen) atoms. The predicted molar refractivity (Wildman–Crippen MR) is 102 cm³/mol. The van der Waals surface area contributed by atoms with Crippen molar-refractivity contribution in [2.45, 2.75) is 24.8 Å². The molecule has 3 N–H and O–H groups in total. The van der Waals surface area contributed by atoms with Gasteiger partial charge in [-0.05, 0) is 42.3 Å². The third kappa shape index (κ3) is 4.86. The fraction of sp³-hybridized carbons (Fsp3) is 0.350. The summed E-state index contributed by atoms with van der Waals surface area (Å²) in [7, 11) is 0. The molecular formula is C20H21ClN2O5. The van der Waals surface area contributed by atoms with Crippen LogP contribution in [0.1, 0.15) is 28.0 Å². The van der Waals surface area contributed by atoms with Crippen molar-refractivity contribution in [1.29, 1.82) is 0 Å². The van der Waals surface area contributed by atoms with Crippen LogP contribution in [0.25, 0.3) is 0 Å². The summed E-state index contributed by atoms with van der Waals surface area (Å²) in [5, 5.41) is 22.6. The number of halogens is 1. The topological polar surface area (TPSA) is 109 Å². The van der Waals surface area contributed by atoms with Crippen LogP contribution < -0.4 is 5.32 Å². The van der Waals surface area contributed by atoms with E-state index in [1.807, 2.05) is 0 Å². The second-order valence-electron chi connectivity index (χ2n) is 6.91. The van der Waals surface area contributed by atoms with E-state index in [0.29, 0.717) is 29.2 Å². The molecule has 1 amide bonds. The highest BCUT2D eigenvalue weighted by atomic mass is 35.5. The van der Waals surface area contributed by atoms with E-state index in [-0.39, 0.29) is 43.3 Å². The van der Waals surface area contributed by atoms with E-state index in [1.165, 1.54) is 12.3 Å². The number of benzene rings is 1. The van der Waals surface area contributed by atoms with Crippen molar-refractivity contribution in [1.82, 2.24) is 10.3 Å². The molecule has 1 aromatic heterocycles. The number of carbonyl (C=O) groups is 2. The third-order valence-electron chi connectivity index (χ3n) is 4.67. The van der Waals surface area contributed by atoms with E-state index < -0.39 is 11.4 Å². The number of Topliss-reactive ketones (excluding diaryl/α,β-unsaturated/α-hetero) is 1. The van der Waals surface area contributed by atoms with E-state index >= 15 is 0 Å². The third-order valence-corrected chi connectivity index (χ3v) is 4.91. The number of aliphatic hydroxyl groups is 1. The minimum absolute atomic E-state index is 0.0145. The minimum Gasteiger partial charge on any atom is -0.508 e. The molecule has 1 atom stereocenters. The summed E-state index contributed by atoms with van der Waals surface area (Å²) in [4.78, 5) is 28.9. The van der Waals surface area contributed by atoms with Crippen molar-refractivity contribution >= 4 is 23.3 Å². The van der Waals surface area contributed by atoms with Gasteiger partial charge in [-0.2, -0.15) is 0 Å². The van der Waals surface area contributed by atoms with Crippen LogP contribution in [0.5, 0.6) is 5.75 Å². The Kier molecular flexibility index (Phi) is 6.28. The summed E-state index contributed by atoms with van der Waals surface area (Å²) >= 11 is 5.91. The lowest BCUT2D eigenvalue weighted by Crippen LogP contribution is -2.52. The lowest BCUT2D eigenvalue weighted by atomic mass is 9.99. The fourth-order valence-corrected chi connectivity index (χ4v) is 3.28. The maximum absolute atomic E-state index is 12.5. The van der Waals surface area contributed by atoms with Gasteiger partial charge in [-0.15, -0.1) is 0 Å². The van der Waals surface area contributed by atoms with Crippen molar-refractivity contribution in [2.75, 3.05) is 19.8 Å². The second kappa shape index (κ2) is 8.68. The standard InChI is InChI=1S/C20H21ClN2O5/c21-15-1-2-18(26)14(9-15)10-16(25)7-13-3-5-22-17(8-13)19(27)23-20(11-24)4-6-28-12-20/h1-3,5,8-9,24,26H,4,6-7,10-12H2,(H,23,27)/t20-/m1/s1. The molecule has 1 saturated heterocycles. The number of aromatic nitrogens is 1. The van der Waals surface area contributed by atoms with Crippen molar-refractivity contribution in [2.24, 2.45) is 0 Å². The van der Waals surface area contributed by atoms with Gasteiger partial charge in [-0.3, -0.25) is 14.6 Å². The van der Waals surface area contributed by atoms with Crippen LogP contribution in [0.15, 0.2) is 36.5 Å². The number of ether oxygens (including phenoxy) is 1. The van der Waals surface area contributed by atoms with Gasteiger partial charge in [0.1, 0.15) is 17.2 Å². The lowest BCUT2D eigenvalue weighted by molar-refractivity contribution is -0.117. The van der Waals surface area contributed by atoms with Crippen LogP contribution in [0, 0.1) is 0 Å². The Labute approximate surface area is 167 Å². The molecule has 1 aliphatic rings. The number of phenols is 1. The molecule has 0 radical (unpaired) electrons. The Bertz CT molecular complexity index is 881. The molecule has 1 fully saturated rings. The van der Waals surface area contributed by atoms with Gasteiger partial charge in [0.15, 0.2) is 0 Å². The molecule has 1 aliphatic heterocycles. The fourth-order valence-electron chi connectivity index (χ4n) is 3.08. The molecular weight excluding hydrogens is 384 g/mol. The molecule has 2 aromatic rings. The number of hydrogen-bond acceptors (Lipinski definition) is 6. The van der Waals surface area contributed by atoms with E-state index in [9.17, 15) is 19.8 Å². The molecule has 1 aromatic carbocycles. The maximum Gasteiger partial charge on any atom is 0.270 e. The molecule has 2 heterocycles. The zero-order valence-electron chi connectivity index (χ0n) is 15.2. The SMILES string of the molecule is O=C(Cc1ccnc(C(=O)N[C@@]2(CO)CCOC2)c1)Cc1cc(Cl)ccc1O. The molecule has 7 nitrogen and oxygen atoms in total. The maximum atomic E-state index is 12.5. The summed E-state index contributed by atoms with van der Waals surface area (Å²) < 4.78 is 5.27. The number of ketones is 1. The van der Waals surface area contributed by atoms with Crippen molar-refractivity contribution in [3.8, 4) is 5.75 Å². The van der Waals surface area contributed by atoms with Gasteiger partial charge < -0.3 is 20.3 Å². The number of carbonyl (C=O) groups excluding carboxylic acids is 2. The lowest BCUT2D eigenvalue weighted by Gasteiger charge is -2.26. The van der Waals surface area contributed by atoms with Crippen LogP contribution in [-0.4, -0.2) is 52.2 Å². The zero-order valence-corrected chi connectivity index (χ0v) is 15.9. The van der Waals surface area contributed by atoms with Gasteiger partial charge >= 0.3 is 0 Å². The summed E-state index contributed by atoms with van der Waals surface area (Å²) in [5.41, 5.74) is 0.452. The largest absolute Gasteiger partial charge is 0.508 e. The monoisotopic (exact) mass is 404 g/mol. The minimum atomic E-state index is -0.797. The molecule has 0 bridgehead atoms. The number of amides is 1. The first-order valence-corrected chi connectivity index (χ1v) is 9.24. The molecule has 0 spiro atoms. The highest BCUT2D eigenvalue weighted by Crippen LogP contribution is 2.23. The number of rotatable bonds is 7. The van der Waals surface area contributed by atoms with E-state index in [1.54, 1.807) is 24.3 Å². The first kappa shape index (κ1) is 20.3. The molecule has 0 unspecified atom stereocenters. The van der Waals surface area contributed by atoms with Crippen LogP contribution in [0.4, 0.5) is 0 Å². The van der Waals surface area contributed by atoms with Gasteiger partial charge in [0.2, 0.25) is 0 Å². The summed E-state index contributed by atoms with van der Waals surface area (Å²) in [6, 6.07) is 7.76. The number of nitrogens with one attached hydrogen (secondary N) is 1. The molecule has 0 aliphatic carbocycles. The number of aliphatic hydroxyl groups excluding tert-OH is 1. The Morgan fingerprint density at radius 1 is 1.25 bits per heavy atom. The number of phenolic OH excluding ortho intramolecular Hbond substituents is 1. The Morgan fingerprint density at radius 3 is 2.79 bits per heavy atom. The van der Waals surface area contributed by atoms with E-state index in [2.05, 4.69) is 10.3 Å². The number of pyridine rings is 1. The zero-order chi connectivity index (χ0) is 20.1. The predicted octanol–water partition coefficient (Wildman–Crippen LogP) is 1.68. The highest BCUT2D eigenvalue weighted by Gasteiger charge is 2.36. The summed E-state index contributed by atoms with van der Waals surface area (Å²) in [5.74, 6) is -0.548. The Morgan fingerprint density at radius 2 is 2.07 bits per heavy atom. The van der Waals surface area contributed by atoms with Gasteiger partial charge in [-0.1, -0.05) is 11.6 Å². The summed E-state index contributed by atoms with van der Waals surface area (Å²) in [6.45, 7) is 0.496. The number of aromatic hydroxyl groups is 1. The van der Waals surface area contributed by atoms with Gasteiger partial charge in [0, 0.05) is 36.2 Å². The second-order valence-corrected chi connectivity index (χ2v) is 7.35. The van der Waals surface area contributed by atoms with Gasteiger partial charge in [0.05, 0.1) is 18.8 Å². The van der Waals surface area contributed by atoms with E-state index in [0.717, 1.165) is 0 Å². The van der Waals surface area contributed by atoms with Crippen molar-refractivity contribution in [3.63, 3.8) is 0 Å². The quantitative estimate of drug-likeness (QED) is 0.647. The van der Waals surface area contributed by atoms with Gasteiger partial charge in [0.25, 0.3) is 5.91 Å². The van der Waals surface area contributed by atoms with Crippen LogP contribution in [-0.2, 0) is 22.4 Å². The molecule has 148 valence electrons. The van der Waals surface area contributed by atoms with Crippen LogP contribution in [0.3, 0.4) is 0 Å². The average molecular weight is 405 g/mol.